The van der Waals surface area contributed by atoms with E-state index in [1.54, 1.807) is 0 Å². The number of likely N-dealkylation sites (N-methyl/N-ethyl adjacent to an activating group) is 1. The van der Waals surface area contributed by atoms with Gasteiger partial charge in [0.1, 0.15) is 0 Å². The van der Waals surface area contributed by atoms with Gasteiger partial charge in [0.15, 0.2) is 0 Å². The highest BCUT2D eigenvalue weighted by Crippen LogP contribution is 1.88. The average molecular weight is 188 g/mol. The van der Waals surface area contributed by atoms with Gasteiger partial charge in [-0.05, 0) is 40.7 Å². The second-order valence-corrected chi connectivity index (χ2v) is 4.03. The quantitative estimate of drug-likeness (QED) is 0.498. The van der Waals surface area contributed by atoms with Gasteiger partial charge in [-0.3, -0.25) is 0 Å². The van der Waals surface area contributed by atoms with Crippen molar-refractivity contribution in [3.05, 3.63) is 0 Å². The lowest BCUT2D eigenvalue weighted by Crippen LogP contribution is -2.26. The maximum Gasteiger partial charge on any atom is 0.410 e. The molecule has 4 heteroatoms. The fourth-order valence-corrected chi connectivity index (χ4v) is 1.20. The molecule has 0 amide bonds. The first-order valence-corrected chi connectivity index (χ1v) is 5.30. The zero-order valence-corrected chi connectivity index (χ0v) is 10.8. The zero-order valence-electron chi connectivity index (χ0n) is 8.84. The topological polar surface area (TPSA) is 15.7 Å². The van der Waals surface area contributed by atoms with Gasteiger partial charge in [0, 0.05) is 13.2 Å². The SMILES string of the molecule is CN(C)CCCN(C)CC[O][AlH2]. The van der Waals surface area contributed by atoms with E-state index in [-0.39, 0.29) is 0 Å². The fraction of sp³-hybridized carbons (Fsp3) is 1.00. The molecule has 0 aliphatic rings. The summed E-state index contributed by atoms with van der Waals surface area (Å²) in [7, 11) is 6.37. The average Bonchev–Trinajstić information content (AvgIpc) is 2.00. The van der Waals surface area contributed by atoms with Gasteiger partial charge in [-0.2, -0.15) is 0 Å². The van der Waals surface area contributed by atoms with Crippen molar-refractivity contribution in [1.82, 2.24) is 9.80 Å². The van der Waals surface area contributed by atoms with Gasteiger partial charge in [-0.25, -0.2) is 0 Å². The molecule has 0 saturated heterocycles. The van der Waals surface area contributed by atoms with Crippen molar-refractivity contribution < 1.29 is 3.79 Å². The van der Waals surface area contributed by atoms with Gasteiger partial charge in [0.2, 0.25) is 0 Å². The van der Waals surface area contributed by atoms with Gasteiger partial charge in [-0.15, -0.1) is 0 Å². The Balaban J connectivity index is 3.13. The minimum atomic E-state index is 0.862. The smallest absolute Gasteiger partial charge is 0.410 e. The summed E-state index contributed by atoms with van der Waals surface area (Å²) in [6.07, 6.45) is 1.24. The van der Waals surface area contributed by atoms with Gasteiger partial charge in [0.25, 0.3) is 0 Å². The molecule has 0 aromatic carbocycles. The van der Waals surface area contributed by atoms with Crippen LogP contribution in [0.4, 0.5) is 0 Å². The highest BCUT2D eigenvalue weighted by molar-refractivity contribution is 5.97. The molecule has 0 fully saturated rings. The van der Waals surface area contributed by atoms with E-state index in [1.165, 1.54) is 19.5 Å². The Morgan fingerprint density at radius 3 is 2.25 bits per heavy atom. The van der Waals surface area contributed by atoms with E-state index in [4.69, 9.17) is 3.79 Å². The summed E-state index contributed by atoms with van der Waals surface area (Å²) in [6, 6.07) is 0. The van der Waals surface area contributed by atoms with Crippen molar-refractivity contribution >= 4 is 16.6 Å². The fourth-order valence-electron chi connectivity index (χ4n) is 1.02. The third-order valence-electron chi connectivity index (χ3n) is 1.82. The summed E-state index contributed by atoms with van der Waals surface area (Å²) < 4.78 is 5.13. The van der Waals surface area contributed by atoms with E-state index < -0.39 is 0 Å². The van der Waals surface area contributed by atoms with Crippen LogP contribution in [0.25, 0.3) is 0 Å². The second kappa shape index (κ2) is 8.03. The molecule has 0 bridgehead atoms. The summed E-state index contributed by atoms with van der Waals surface area (Å²) in [6.45, 7) is 4.30. The minimum Gasteiger partial charge on any atom is -0.505 e. The Morgan fingerprint density at radius 2 is 1.75 bits per heavy atom. The summed E-state index contributed by atoms with van der Waals surface area (Å²) in [4.78, 5) is 4.54. The molecule has 0 aliphatic carbocycles. The van der Waals surface area contributed by atoms with Crippen LogP contribution < -0.4 is 0 Å². The van der Waals surface area contributed by atoms with Gasteiger partial charge < -0.3 is 13.6 Å². The summed E-state index contributed by atoms with van der Waals surface area (Å²) in [5.41, 5.74) is 0. The molecule has 0 aliphatic heterocycles. The van der Waals surface area contributed by atoms with Crippen LogP contribution in [0.5, 0.6) is 0 Å². The highest BCUT2D eigenvalue weighted by atomic mass is 27.1. The van der Waals surface area contributed by atoms with Gasteiger partial charge in [-0.1, -0.05) is 0 Å². The predicted molar refractivity (Wildman–Crippen MR) is 55.2 cm³/mol. The minimum absolute atomic E-state index is 0.862. The Kier molecular flexibility index (Phi) is 8.31. The number of nitrogens with zero attached hydrogens (tertiary/aromatic N) is 2. The largest absolute Gasteiger partial charge is 0.505 e. The maximum atomic E-state index is 5.13. The first-order chi connectivity index (χ1) is 5.66. The van der Waals surface area contributed by atoms with Crippen LogP contribution in [-0.4, -0.2) is 73.8 Å². The molecule has 0 unspecified atom stereocenters. The van der Waals surface area contributed by atoms with Crippen LogP contribution in [0, 0.1) is 0 Å². The molecule has 0 aromatic rings. The molecule has 0 N–H and O–H groups in total. The molecule has 0 spiro atoms. The second-order valence-electron chi connectivity index (χ2n) is 3.45. The molecule has 0 aromatic heterocycles. The molecular weight excluding hydrogens is 167 g/mol. The lowest BCUT2D eigenvalue weighted by Gasteiger charge is -2.17. The van der Waals surface area contributed by atoms with Crippen LogP contribution in [-0.2, 0) is 3.79 Å². The van der Waals surface area contributed by atoms with E-state index in [9.17, 15) is 0 Å². The van der Waals surface area contributed by atoms with Crippen molar-refractivity contribution in [2.75, 3.05) is 47.4 Å². The monoisotopic (exact) mass is 188 g/mol. The lowest BCUT2D eigenvalue weighted by atomic mass is 10.4. The summed E-state index contributed by atoms with van der Waals surface area (Å²) in [5, 5.41) is 0. The first-order valence-electron chi connectivity index (χ1n) is 4.49. The van der Waals surface area contributed by atoms with Crippen molar-refractivity contribution in [2.24, 2.45) is 0 Å². The molecular formula is C8H21AlN2O. The van der Waals surface area contributed by atoms with Crippen molar-refractivity contribution in [2.45, 2.75) is 6.42 Å². The number of rotatable bonds is 7. The number of hydrogen-bond acceptors (Lipinski definition) is 3. The Hall–Kier alpha value is 0.412. The van der Waals surface area contributed by atoms with E-state index in [0.29, 0.717) is 0 Å². The van der Waals surface area contributed by atoms with Crippen molar-refractivity contribution in [3.63, 3.8) is 0 Å². The van der Waals surface area contributed by atoms with Crippen LogP contribution >= 0.6 is 0 Å². The molecule has 0 rings (SSSR count). The standard InChI is InChI=1S/C8H19N2O.Al.2H/c1-9(2)5-4-6-10(3)7-8-11;;;/h4-8H2,1-3H3;;;/q-1;+1;;. The zero-order chi connectivity index (χ0) is 9.40. The van der Waals surface area contributed by atoms with Crippen molar-refractivity contribution in [3.8, 4) is 0 Å². The van der Waals surface area contributed by atoms with Gasteiger partial charge >= 0.3 is 16.6 Å². The molecule has 0 radical (unpaired) electrons. The number of hydrogen-bond donors (Lipinski definition) is 0. The summed E-state index contributed by atoms with van der Waals surface area (Å²) in [5.74, 6) is 0. The Bertz CT molecular complexity index is 101. The van der Waals surface area contributed by atoms with E-state index >= 15 is 0 Å². The van der Waals surface area contributed by atoms with Crippen molar-refractivity contribution in [1.29, 1.82) is 0 Å². The van der Waals surface area contributed by atoms with E-state index in [0.717, 1.165) is 29.8 Å². The molecule has 3 nitrogen and oxygen atoms in total. The lowest BCUT2D eigenvalue weighted by molar-refractivity contribution is 0.240. The first kappa shape index (κ1) is 12.4. The molecule has 0 atom stereocenters. The molecule has 72 valence electrons. The molecule has 12 heavy (non-hydrogen) atoms. The molecule has 0 saturated carbocycles. The van der Waals surface area contributed by atoms with Crippen LogP contribution in [0.1, 0.15) is 6.42 Å². The Morgan fingerprint density at radius 1 is 1.08 bits per heavy atom. The van der Waals surface area contributed by atoms with E-state index in [2.05, 4.69) is 30.9 Å². The Labute approximate surface area is 84.4 Å². The molecule has 0 heterocycles. The third-order valence-corrected chi connectivity index (χ3v) is 2.23. The third kappa shape index (κ3) is 8.51. The summed E-state index contributed by atoms with van der Waals surface area (Å²) >= 11 is 0.862. The van der Waals surface area contributed by atoms with Crippen LogP contribution in [0.2, 0.25) is 0 Å². The predicted octanol–water partition coefficient (Wildman–Crippen LogP) is -0.565. The highest BCUT2D eigenvalue weighted by Gasteiger charge is 1.97. The van der Waals surface area contributed by atoms with Gasteiger partial charge in [0.05, 0.1) is 0 Å². The van der Waals surface area contributed by atoms with Crippen LogP contribution in [0.3, 0.4) is 0 Å². The van der Waals surface area contributed by atoms with Crippen LogP contribution in [0.15, 0.2) is 0 Å². The normalized spacial score (nSPS) is 11.4. The maximum absolute atomic E-state index is 5.13. The van der Waals surface area contributed by atoms with E-state index in [1.807, 2.05) is 0 Å².